The van der Waals surface area contributed by atoms with E-state index >= 15 is 0 Å². The second kappa shape index (κ2) is 8.33. The van der Waals surface area contributed by atoms with Crippen LogP contribution in [0.25, 0.3) is 0 Å². The highest BCUT2D eigenvalue weighted by Crippen LogP contribution is 2.40. The Labute approximate surface area is 188 Å². The summed E-state index contributed by atoms with van der Waals surface area (Å²) in [5, 5.41) is 9.72. The van der Waals surface area contributed by atoms with E-state index < -0.39 is 22.5 Å². The molecule has 0 amide bonds. The molecule has 2 heterocycles. The van der Waals surface area contributed by atoms with Crippen LogP contribution in [0.15, 0.2) is 59.8 Å². The molecule has 0 bridgehead atoms. The number of carbonyl (C=O) groups is 1. The molecule has 1 aliphatic heterocycles. The normalized spacial score (nSPS) is 13.2. The topological polar surface area (TPSA) is 104 Å². The lowest BCUT2D eigenvalue weighted by Crippen LogP contribution is -2.36. The van der Waals surface area contributed by atoms with Crippen LogP contribution in [0.1, 0.15) is 5.56 Å². The van der Waals surface area contributed by atoms with Gasteiger partial charge >= 0.3 is 5.97 Å². The van der Waals surface area contributed by atoms with Crippen LogP contribution >= 0.6 is 23.2 Å². The molecule has 31 heavy (non-hydrogen) atoms. The molecule has 0 atom stereocenters. The highest BCUT2D eigenvalue weighted by molar-refractivity contribution is 7.92. The van der Waals surface area contributed by atoms with Gasteiger partial charge in [0.25, 0.3) is 10.0 Å². The number of aromatic nitrogens is 2. The number of rotatable bonds is 6. The predicted octanol–water partition coefficient (Wildman–Crippen LogP) is 3.76. The van der Waals surface area contributed by atoms with Crippen molar-refractivity contribution in [3.05, 3.63) is 70.5 Å². The summed E-state index contributed by atoms with van der Waals surface area (Å²) in [7, 11) is -4.26. The van der Waals surface area contributed by atoms with Crippen LogP contribution in [0.2, 0.25) is 10.0 Å². The third-order valence-electron chi connectivity index (χ3n) is 4.77. The van der Waals surface area contributed by atoms with Crippen molar-refractivity contribution in [2.24, 2.45) is 0 Å². The molecule has 0 unspecified atom stereocenters. The van der Waals surface area contributed by atoms with Gasteiger partial charge < -0.3 is 10.0 Å². The van der Waals surface area contributed by atoms with Gasteiger partial charge in [-0.1, -0.05) is 29.3 Å². The van der Waals surface area contributed by atoms with Gasteiger partial charge in [-0.05, 0) is 42.8 Å². The van der Waals surface area contributed by atoms with Crippen molar-refractivity contribution >= 4 is 56.5 Å². The summed E-state index contributed by atoms with van der Waals surface area (Å²) in [6, 6.07) is 10.7. The Hall–Kier alpha value is -2.88. The van der Waals surface area contributed by atoms with E-state index in [2.05, 4.69) is 9.97 Å². The van der Waals surface area contributed by atoms with E-state index in [0.29, 0.717) is 24.5 Å². The average molecular weight is 479 g/mol. The molecular formula is C20H16Cl2N4O4S. The Morgan fingerprint density at radius 2 is 1.77 bits per heavy atom. The van der Waals surface area contributed by atoms with Crippen LogP contribution in [-0.4, -0.2) is 42.6 Å². The van der Waals surface area contributed by atoms with Gasteiger partial charge in [-0.15, -0.1) is 0 Å². The van der Waals surface area contributed by atoms with Crippen LogP contribution in [0.3, 0.4) is 0 Å². The zero-order valence-electron chi connectivity index (χ0n) is 15.9. The highest BCUT2D eigenvalue weighted by Gasteiger charge is 2.33. The zero-order chi connectivity index (χ0) is 22.2. The summed E-state index contributed by atoms with van der Waals surface area (Å²) in [5.41, 5.74) is 1.68. The maximum absolute atomic E-state index is 13.4. The first-order valence-electron chi connectivity index (χ1n) is 9.14. The number of halogens is 2. The average Bonchev–Trinajstić information content (AvgIpc) is 3.16. The third-order valence-corrected chi connectivity index (χ3v) is 6.94. The SMILES string of the molecule is O=C(O)CN(c1cccc2c1CCN2c1ncccn1)S(=O)(=O)c1cc(Cl)cc(Cl)c1. The molecule has 8 nitrogen and oxygen atoms in total. The van der Waals surface area contributed by atoms with E-state index in [1.54, 1.807) is 30.6 Å². The minimum Gasteiger partial charge on any atom is -0.480 e. The second-order valence-corrected chi connectivity index (χ2v) is 9.47. The fourth-order valence-electron chi connectivity index (χ4n) is 3.52. The quantitative estimate of drug-likeness (QED) is 0.574. The van der Waals surface area contributed by atoms with Crippen LogP contribution in [-0.2, 0) is 21.2 Å². The Balaban J connectivity index is 1.84. The number of fused-ring (bicyclic) bond motifs is 1. The lowest BCUT2D eigenvalue weighted by Gasteiger charge is -2.25. The molecule has 0 spiro atoms. The maximum Gasteiger partial charge on any atom is 0.324 e. The molecule has 4 rings (SSSR count). The fourth-order valence-corrected chi connectivity index (χ4v) is 5.69. The number of hydrogen-bond acceptors (Lipinski definition) is 6. The van der Waals surface area contributed by atoms with Crippen molar-refractivity contribution in [2.45, 2.75) is 11.3 Å². The molecule has 0 radical (unpaired) electrons. The number of nitrogens with zero attached hydrogens (tertiary/aromatic N) is 4. The summed E-state index contributed by atoms with van der Waals surface area (Å²) in [6.45, 7) is -0.231. The van der Waals surface area contributed by atoms with Gasteiger partial charge in [0, 0.05) is 40.2 Å². The smallest absolute Gasteiger partial charge is 0.324 e. The van der Waals surface area contributed by atoms with Crippen molar-refractivity contribution in [1.82, 2.24) is 9.97 Å². The van der Waals surface area contributed by atoms with Crippen molar-refractivity contribution in [1.29, 1.82) is 0 Å². The minimum atomic E-state index is -4.26. The number of carboxylic acids is 1. The van der Waals surface area contributed by atoms with Crippen molar-refractivity contribution < 1.29 is 18.3 Å². The summed E-state index contributed by atoms with van der Waals surface area (Å²) in [5.74, 6) is -0.816. The van der Waals surface area contributed by atoms with Crippen LogP contribution < -0.4 is 9.21 Å². The molecule has 1 aliphatic rings. The fraction of sp³-hybridized carbons (Fsp3) is 0.150. The number of aliphatic carboxylic acids is 1. The van der Waals surface area contributed by atoms with Crippen LogP contribution in [0.5, 0.6) is 0 Å². The molecule has 160 valence electrons. The first-order chi connectivity index (χ1) is 14.8. The molecular weight excluding hydrogens is 463 g/mol. The summed E-state index contributed by atoms with van der Waals surface area (Å²) in [4.78, 5) is 21.8. The Morgan fingerprint density at radius 3 is 2.42 bits per heavy atom. The van der Waals surface area contributed by atoms with E-state index in [4.69, 9.17) is 23.2 Å². The van der Waals surface area contributed by atoms with E-state index in [1.165, 1.54) is 18.2 Å². The molecule has 0 aliphatic carbocycles. The Morgan fingerprint density at radius 1 is 1.10 bits per heavy atom. The van der Waals surface area contributed by atoms with Gasteiger partial charge in [-0.3, -0.25) is 9.10 Å². The van der Waals surface area contributed by atoms with Crippen LogP contribution in [0, 0.1) is 0 Å². The lowest BCUT2D eigenvalue weighted by atomic mass is 10.1. The molecule has 3 aromatic rings. The molecule has 1 aromatic heterocycles. The monoisotopic (exact) mass is 478 g/mol. The highest BCUT2D eigenvalue weighted by atomic mass is 35.5. The van der Waals surface area contributed by atoms with Crippen molar-refractivity contribution in [3.8, 4) is 0 Å². The molecule has 0 saturated carbocycles. The third kappa shape index (κ3) is 4.16. The van der Waals surface area contributed by atoms with E-state index in [9.17, 15) is 18.3 Å². The number of hydrogen-bond donors (Lipinski definition) is 1. The van der Waals surface area contributed by atoms with Gasteiger partial charge in [0.2, 0.25) is 5.95 Å². The minimum absolute atomic E-state index is 0.132. The number of carboxylic acid groups (broad SMARTS) is 1. The first kappa shape index (κ1) is 21.4. The number of benzene rings is 2. The predicted molar refractivity (Wildman–Crippen MR) is 118 cm³/mol. The standard InChI is InChI=1S/C20H16Cl2N4O4S/c21-13-9-14(22)11-15(10-13)31(29,30)26(12-19(27)28)18-4-1-3-17-16(18)5-8-25(17)20-23-6-2-7-24-20/h1-4,6-7,9-11H,5,8,12H2,(H,27,28). The molecule has 11 heteroatoms. The van der Waals surface area contributed by atoms with Gasteiger partial charge in [0.05, 0.1) is 10.6 Å². The molecule has 0 saturated heterocycles. The Kier molecular flexibility index (Phi) is 5.74. The molecule has 2 aromatic carbocycles. The lowest BCUT2D eigenvalue weighted by molar-refractivity contribution is -0.135. The summed E-state index contributed by atoms with van der Waals surface area (Å²) in [6.07, 6.45) is 3.73. The summed E-state index contributed by atoms with van der Waals surface area (Å²) < 4.78 is 27.7. The molecule has 0 fully saturated rings. The van der Waals surface area contributed by atoms with E-state index in [-0.39, 0.29) is 20.6 Å². The van der Waals surface area contributed by atoms with Crippen molar-refractivity contribution in [2.75, 3.05) is 22.3 Å². The second-order valence-electron chi connectivity index (χ2n) is 6.74. The van der Waals surface area contributed by atoms with Gasteiger partial charge in [-0.2, -0.15) is 0 Å². The van der Waals surface area contributed by atoms with Crippen LogP contribution in [0.4, 0.5) is 17.3 Å². The summed E-state index contributed by atoms with van der Waals surface area (Å²) >= 11 is 12.0. The van der Waals surface area contributed by atoms with Gasteiger partial charge in [0.1, 0.15) is 6.54 Å². The number of sulfonamides is 1. The van der Waals surface area contributed by atoms with E-state index in [1.807, 2.05) is 11.0 Å². The maximum atomic E-state index is 13.4. The van der Waals surface area contributed by atoms with Gasteiger partial charge in [-0.25, -0.2) is 18.4 Å². The largest absolute Gasteiger partial charge is 0.480 e. The van der Waals surface area contributed by atoms with E-state index in [0.717, 1.165) is 9.99 Å². The van der Waals surface area contributed by atoms with Crippen molar-refractivity contribution in [3.63, 3.8) is 0 Å². The zero-order valence-corrected chi connectivity index (χ0v) is 18.3. The van der Waals surface area contributed by atoms with Gasteiger partial charge in [0.15, 0.2) is 0 Å². The molecule has 1 N–H and O–H groups in total. The number of anilines is 3. The Bertz CT molecular complexity index is 1240. The first-order valence-corrected chi connectivity index (χ1v) is 11.3.